The van der Waals surface area contributed by atoms with E-state index in [0.717, 1.165) is 56.0 Å². The van der Waals surface area contributed by atoms with Crippen molar-refractivity contribution in [2.45, 2.75) is 44.9 Å². The van der Waals surface area contributed by atoms with Crippen molar-refractivity contribution in [2.75, 3.05) is 26.2 Å². The number of carbonyl (C=O) groups excluding carboxylic acids is 1. The van der Waals surface area contributed by atoms with Gasteiger partial charge in [0.05, 0.1) is 12.5 Å². The summed E-state index contributed by atoms with van der Waals surface area (Å²) in [5.41, 5.74) is 1.88. The minimum Gasteiger partial charge on any atom is -0.494 e. The van der Waals surface area contributed by atoms with E-state index < -0.39 is 0 Å². The molecule has 3 nitrogen and oxygen atoms in total. The minimum atomic E-state index is -0.115. The van der Waals surface area contributed by atoms with Gasteiger partial charge in [-0.25, -0.2) is 0 Å². The number of ether oxygens (including phenoxy) is 1. The Kier molecular flexibility index (Phi) is 7.46. The molecule has 0 saturated carbocycles. The summed E-state index contributed by atoms with van der Waals surface area (Å²) >= 11 is 0. The molecule has 1 heterocycles. The summed E-state index contributed by atoms with van der Waals surface area (Å²) < 4.78 is 5.73. The lowest BCUT2D eigenvalue weighted by Crippen LogP contribution is -2.35. The standard InChI is InChI=1S/C24H31NO2/c1-2-3-18-27-22-14-12-21(13-15-22)24(26)23(20-10-6-4-7-11-20)19-25-16-8-5-9-17-25/h4,6-7,10-15,23H,2-3,5,8-9,16-19H2,1H3. The molecule has 2 aromatic rings. The number of benzene rings is 2. The SMILES string of the molecule is CCCCOc1ccc(C(=O)C(CN2CCCCC2)c2ccccc2)cc1. The summed E-state index contributed by atoms with van der Waals surface area (Å²) in [6.45, 7) is 5.88. The number of rotatable bonds is 9. The van der Waals surface area contributed by atoms with Crippen LogP contribution in [0.4, 0.5) is 0 Å². The topological polar surface area (TPSA) is 29.5 Å². The van der Waals surface area contributed by atoms with Gasteiger partial charge in [0.2, 0.25) is 0 Å². The molecule has 0 spiro atoms. The summed E-state index contributed by atoms with van der Waals surface area (Å²) in [5.74, 6) is 0.926. The molecular weight excluding hydrogens is 334 g/mol. The normalized spacial score (nSPS) is 16.0. The monoisotopic (exact) mass is 365 g/mol. The van der Waals surface area contributed by atoms with Gasteiger partial charge in [-0.1, -0.05) is 50.1 Å². The highest BCUT2D eigenvalue weighted by molar-refractivity contribution is 6.01. The maximum Gasteiger partial charge on any atom is 0.171 e. The average molecular weight is 366 g/mol. The molecule has 0 aliphatic carbocycles. The van der Waals surface area contributed by atoms with Crippen molar-refractivity contribution in [3.8, 4) is 5.75 Å². The highest BCUT2D eigenvalue weighted by Gasteiger charge is 2.25. The first-order valence-electron chi connectivity index (χ1n) is 10.3. The van der Waals surface area contributed by atoms with Crippen LogP contribution >= 0.6 is 0 Å². The summed E-state index contributed by atoms with van der Waals surface area (Å²) in [4.78, 5) is 15.8. The smallest absolute Gasteiger partial charge is 0.171 e. The van der Waals surface area contributed by atoms with Gasteiger partial charge in [-0.2, -0.15) is 0 Å². The van der Waals surface area contributed by atoms with Crippen LogP contribution in [0.25, 0.3) is 0 Å². The zero-order chi connectivity index (χ0) is 18.9. The molecule has 1 atom stereocenters. The van der Waals surface area contributed by atoms with Crippen molar-refractivity contribution in [3.63, 3.8) is 0 Å². The molecule has 0 amide bonds. The zero-order valence-corrected chi connectivity index (χ0v) is 16.4. The second-order valence-electron chi connectivity index (χ2n) is 7.42. The molecule has 0 radical (unpaired) electrons. The maximum atomic E-state index is 13.3. The van der Waals surface area contributed by atoms with Crippen LogP contribution in [0.5, 0.6) is 5.75 Å². The Labute approximate surface area is 163 Å². The van der Waals surface area contributed by atoms with Crippen molar-refractivity contribution in [1.82, 2.24) is 4.90 Å². The maximum absolute atomic E-state index is 13.3. The third-order valence-electron chi connectivity index (χ3n) is 5.31. The van der Waals surface area contributed by atoms with E-state index in [4.69, 9.17) is 4.74 Å². The minimum absolute atomic E-state index is 0.115. The van der Waals surface area contributed by atoms with E-state index in [1.165, 1.54) is 19.3 Å². The Bertz CT molecular complexity index is 690. The van der Waals surface area contributed by atoms with Crippen LogP contribution < -0.4 is 4.74 Å². The number of hydrogen-bond donors (Lipinski definition) is 0. The number of hydrogen-bond acceptors (Lipinski definition) is 3. The Morgan fingerprint density at radius 3 is 2.37 bits per heavy atom. The number of likely N-dealkylation sites (tertiary alicyclic amines) is 1. The van der Waals surface area contributed by atoms with Gasteiger partial charge in [-0.3, -0.25) is 4.79 Å². The van der Waals surface area contributed by atoms with Crippen LogP contribution in [0.3, 0.4) is 0 Å². The van der Waals surface area contributed by atoms with Gasteiger partial charge in [0.25, 0.3) is 0 Å². The first kappa shape index (κ1) is 19.6. The second kappa shape index (κ2) is 10.3. The Hall–Kier alpha value is -2.13. The van der Waals surface area contributed by atoms with Gasteiger partial charge in [-0.05, 0) is 62.2 Å². The number of piperidine rings is 1. The molecular formula is C24H31NO2. The Morgan fingerprint density at radius 1 is 1.00 bits per heavy atom. The first-order chi connectivity index (χ1) is 13.3. The second-order valence-corrected chi connectivity index (χ2v) is 7.42. The van der Waals surface area contributed by atoms with E-state index in [9.17, 15) is 4.79 Å². The number of carbonyl (C=O) groups is 1. The van der Waals surface area contributed by atoms with E-state index in [1.54, 1.807) is 0 Å². The molecule has 27 heavy (non-hydrogen) atoms. The number of ketones is 1. The van der Waals surface area contributed by atoms with Crippen molar-refractivity contribution in [1.29, 1.82) is 0 Å². The van der Waals surface area contributed by atoms with Crippen molar-refractivity contribution in [2.24, 2.45) is 0 Å². The fourth-order valence-corrected chi connectivity index (χ4v) is 3.68. The van der Waals surface area contributed by atoms with E-state index in [2.05, 4.69) is 24.0 Å². The summed E-state index contributed by atoms with van der Waals surface area (Å²) in [5, 5.41) is 0. The van der Waals surface area contributed by atoms with E-state index in [0.29, 0.717) is 0 Å². The predicted molar refractivity (Wildman–Crippen MR) is 111 cm³/mol. The van der Waals surface area contributed by atoms with Crippen molar-refractivity contribution < 1.29 is 9.53 Å². The van der Waals surface area contributed by atoms with Gasteiger partial charge >= 0.3 is 0 Å². The Balaban J connectivity index is 1.73. The van der Waals surface area contributed by atoms with Crippen LogP contribution in [0.15, 0.2) is 54.6 Å². The molecule has 0 bridgehead atoms. The molecule has 1 fully saturated rings. The van der Waals surface area contributed by atoms with Crippen LogP contribution in [-0.2, 0) is 0 Å². The number of Topliss-reactive ketones (excluding diaryl/α,β-unsaturated/α-hetero) is 1. The lowest BCUT2D eigenvalue weighted by atomic mass is 9.89. The van der Waals surface area contributed by atoms with Gasteiger partial charge in [0, 0.05) is 12.1 Å². The number of unbranched alkanes of at least 4 members (excludes halogenated alkanes) is 1. The van der Waals surface area contributed by atoms with E-state index in [-0.39, 0.29) is 11.7 Å². The molecule has 0 N–H and O–H groups in total. The quantitative estimate of drug-likeness (QED) is 0.445. The summed E-state index contributed by atoms with van der Waals surface area (Å²) in [7, 11) is 0. The molecule has 1 aliphatic heterocycles. The fourth-order valence-electron chi connectivity index (χ4n) is 3.68. The van der Waals surface area contributed by atoms with Crippen LogP contribution in [0.1, 0.15) is 60.9 Å². The lowest BCUT2D eigenvalue weighted by Gasteiger charge is -2.30. The van der Waals surface area contributed by atoms with Gasteiger partial charge in [-0.15, -0.1) is 0 Å². The van der Waals surface area contributed by atoms with Gasteiger partial charge in [0.15, 0.2) is 5.78 Å². The molecule has 1 aliphatic rings. The summed E-state index contributed by atoms with van der Waals surface area (Å²) in [6, 6.07) is 17.9. The number of nitrogens with zero attached hydrogens (tertiary/aromatic N) is 1. The third-order valence-corrected chi connectivity index (χ3v) is 5.31. The van der Waals surface area contributed by atoms with Gasteiger partial charge < -0.3 is 9.64 Å². The predicted octanol–water partition coefficient (Wildman–Crippen LogP) is 5.32. The van der Waals surface area contributed by atoms with Crippen LogP contribution in [-0.4, -0.2) is 36.9 Å². The molecule has 1 saturated heterocycles. The highest BCUT2D eigenvalue weighted by Crippen LogP contribution is 2.25. The Morgan fingerprint density at radius 2 is 1.70 bits per heavy atom. The zero-order valence-electron chi connectivity index (χ0n) is 16.4. The molecule has 144 valence electrons. The molecule has 0 aromatic heterocycles. The molecule has 2 aromatic carbocycles. The fraction of sp³-hybridized carbons (Fsp3) is 0.458. The third kappa shape index (κ3) is 5.67. The van der Waals surface area contributed by atoms with Gasteiger partial charge in [0.1, 0.15) is 5.75 Å². The molecule has 3 heteroatoms. The highest BCUT2D eigenvalue weighted by atomic mass is 16.5. The average Bonchev–Trinajstić information content (AvgIpc) is 2.74. The van der Waals surface area contributed by atoms with E-state index >= 15 is 0 Å². The summed E-state index contributed by atoms with van der Waals surface area (Å²) in [6.07, 6.45) is 5.94. The first-order valence-corrected chi connectivity index (χ1v) is 10.3. The largest absolute Gasteiger partial charge is 0.494 e. The van der Waals surface area contributed by atoms with Crippen LogP contribution in [0.2, 0.25) is 0 Å². The molecule has 1 unspecified atom stereocenters. The van der Waals surface area contributed by atoms with Crippen LogP contribution in [0, 0.1) is 0 Å². The molecule has 3 rings (SSSR count). The lowest BCUT2D eigenvalue weighted by molar-refractivity contribution is 0.0925. The van der Waals surface area contributed by atoms with Crippen molar-refractivity contribution in [3.05, 3.63) is 65.7 Å². The van der Waals surface area contributed by atoms with E-state index in [1.807, 2.05) is 42.5 Å². The van der Waals surface area contributed by atoms with Crippen molar-refractivity contribution >= 4 is 5.78 Å².